The summed E-state index contributed by atoms with van der Waals surface area (Å²) in [5.74, 6) is 1.80. The van der Waals surface area contributed by atoms with E-state index in [4.69, 9.17) is 16.7 Å². The van der Waals surface area contributed by atoms with Crippen LogP contribution in [-0.2, 0) is 0 Å². The van der Waals surface area contributed by atoms with Gasteiger partial charge in [-0.15, -0.1) is 11.6 Å². The van der Waals surface area contributed by atoms with E-state index in [1.807, 2.05) is 0 Å². The van der Waals surface area contributed by atoms with Gasteiger partial charge in [0, 0.05) is 29.6 Å². The van der Waals surface area contributed by atoms with Crippen molar-refractivity contribution in [2.45, 2.75) is 88.7 Å². The molecule has 3 fully saturated rings. The van der Waals surface area contributed by atoms with E-state index in [2.05, 4.69) is 19.3 Å². The number of rotatable bonds is 7. The molecule has 9 nitrogen and oxygen atoms in total. The van der Waals surface area contributed by atoms with Gasteiger partial charge in [-0.25, -0.2) is 20.9 Å². The molecular weight excluding hydrogens is 422 g/mol. The first-order valence-corrected chi connectivity index (χ1v) is 12.4. The molecule has 3 aliphatic rings. The van der Waals surface area contributed by atoms with Crippen LogP contribution >= 0.6 is 11.6 Å². The van der Waals surface area contributed by atoms with Crippen LogP contribution in [0.25, 0.3) is 0 Å². The molecule has 0 aromatic rings. The monoisotopic (exact) mass is 462 g/mol. The number of hydrogen-bond donors (Lipinski definition) is 6. The molecule has 7 atom stereocenters. The summed E-state index contributed by atoms with van der Waals surface area (Å²) in [4.78, 5) is 1.56. The minimum atomic E-state index is -0.938. The van der Waals surface area contributed by atoms with Crippen molar-refractivity contribution >= 4 is 17.3 Å². The summed E-state index contributed by atoms with van der Waals surface area (Å²) in [6, 6.07) is -1.62. The Bertz CT molecular complexity index is 578. The van der Waals surface area contributed by atoms with Gasteiger partial charge >= 0.3 is 0 Å². The van der Waals surface area contributed by atoms with E-state index in [0.29, 0.717) is 30.6 Å². The second kappa shape index (κ2) is 11.6. The zero-order valence-corrected chi connectivity index (χ0v) is 19.6. The normalized spacial score (nSPS) is 42.1. The second-order valence-corrected chi connectivity index (χ2v) is 11.0. The van der Waals surface area contributed by atoms with Gasteiger partial charge in [0.1, 0.15) is 18.6 Å². The predicted octanol–water partition coefficient (Wildman–Crippen LogP) is -0.876. The average Bonchev–Trinajstić information content (AvgIpc) is 2.70. The molecular formula is C21H41ClN5O4+. The molecule has 0 spiro atoms. The molecule has 0 aromatic carbocycles. The highest BCUT2D eigenvalue weighted by Crippen LogP contribution is 2.28. The van der Waals surface area contributed by atoms with Crippen molar-refractivity contribution in [1.29, 1.82) is 0 Å². The highest BCUT2D eigenvalue weighted by Gasteiger charge is 2.38. The third kappa shape index (κ3) is 7.23. The molecule has 10 heteroatoms. The van der Waals surface area contributed by atoms with E-state index in [9.17, 15) is 20.8 Å². The van der Waals surface area contributed by atoms with Crippen LogP contribution in [0.1, 0.15) is 65.2 Å². The fraction of sp³-hybridized carbons (Fsp3) is 0.952. The van der Waals surface area contributed by atoms with Crippen molar-refractivity contribution in [3.8, 4) is 0 Å². The average molecular weight is 463 g/mol. The maximum Gasteiger partial charge on any atom is 0.144 e. The molecule has 3 rings (SSSR count). The zero-order valence-electron chi connectivity index (χ0n) is 18.9. The van der Waals surface area contributed by atoms with E-state index in [1.54, 1.807) is 4.90 Å². The third-order valence-electron chi connectivity index (χ3n) is 7.53. The van der Waals surface area contributed by atoms with Gasteiger partial charge in [0.15, 0.2) is 0 Å². The van der Waals surface area contributed by atoms with Gasteiger partial charge in [-0.3, -0.25) is 0 Å². The summed E-state index contributed by atoms with van der Waals surface area (Å²) < 4.78 is 0. The number of nitrogens with one attached hydrogen (secondary N) is 4. The Morgan fingerprint density at radius 1 is 1.00 bits per heavy atom. The summed E-state index contributed by atoms with van der Waals surface area (Å²) >= 11 is 6.33. The summed E-state index contributed by atoms with van der Waals surface area (Å²) in [7, 11) is 0. The number of nitrogens with zero attached hydrogens (tertiary/aromatic N) is 1. The number of halogens is 1. The Morgan fingerprint density at radius 3 is 2.23 bits per heavy atom. The largest absolute Gasteiger partial charge is 0.600 e. The molecule has 1 saturated heterocycles. The van der Waals surface area contributed by atoms with Gasteiger partial charge in [0.2, 0.25) is 0 Å². The molecule has 6 N–H and O–H groups in total. The number of quaternary nitrogens is 3. The van der Waals surface area contributed by atoms with Crippen LogP contribution in [0.2, 0.25) is 0 Å². The van der Waals surface area contributed by atoms with Gasteiger partial charge in [0.05, 0.1) is 31.3 Å². The lowest BCUT2D eigenvalue weighted by atomic mass is 9.84. The fourth-order valence-electron chi connectivity index (χ4n) is 5.97. The van der Waals surface area contributed by atoms with E-state index in [0.717, 1.165) is 51.0 Å². The number of hydroxylamine groups is 4. The molecule has 0 radical (unpaired) electrons. The number of hydrogen-bond acceptors (Lipinski definition) is 6. The lowest BCUT2D eigenvalue weighted by molar-refractivity contribution is -1.09. The van der Waals surface area contributed by atoms with Crippen LogP contribution in [0.5, 0.6) is 0 Å². The van der Waals surface area contributed by atoms with Gasteiger partial charge in [0.25, 0.3) is 0 Å². The van der Waals surface area contributed by atoms with Crippen LogP contribution in [-0.4, -0.2) is 59.3 Å². The van der Waals surface area contributed by atoms with Crippen molar-refractivity contribution in [3.05, 3.63) is 10.4 Å². The van der Waals surface area contributed by atoms with Crippen molar-refractivity contribution in [2.75, 3.05) is 19.6 Å². The SMILES string of the molecule is CC1CC(C)C[NH+](CC(=NNC2CCC([NH+]([O-])O)CC2[NH+]([O-])O)C2CCC(Cl)CC2)C1. The molecule has 1 heterocycles. The van der Waals surface area contributed by atoms with Crippen LogP contribution in [0.3, 0.4) is 0 Å². The highest BCUT2D eigenvalue weighted by molar-refractivity contribution is 6.20. The van der Waals surface area contributed by atoms with Crippen molar-refractivity contribution in [3.63, 3.8) is 0 Å². The minimum absolute atomic E-state index is 0.164. The van der Waals surface area contributed by atoms with Gasteiger partial charge in [-0.2, -0.15) is 5.10 Å². The molecule has 0 aromatic heterocycles. The summed E-state index contributed by atoms with van der Waals surface area (Å²) in [6.07, 6.45) is 6.50. The number of hydrazone groups is 1. The molecule has 0 bridgehead atoms. The topological polar surface area (TPSA) is 124 Å². The van der Waals surface area contributed by atoms with E-state index >= 15 is 0 Å². The van der Waals surface area contributed by atoms with E-state index in [-0.39, 0.29) is 17.8 Å². The summed E-state index contributed by atoms with van der Waals surface area (Å²) in [5.41, 5.74) is 4.34. The zero-order chi connectivity index (χ0) is 22.5. The molecule has 31 heavy (non-hydrogen) atoms. The Morgan fingerprint density at radius 2 is 1.65 bits per heavy atom. The van der Waals surface area contributed by atoms with E-state index in [1.165, 1.54) is 6.42 Å². The first-order valence-electron chi connectivity index (χ1n) is 12.0. The molecule has 2 saturated carbocycles. The van der Waals surface area contributed by atoms with Crippen LogP contribution < -0.4 is 20.8 Å². The minimum Gasteiger partial charge on any atom is -0.600 e. The van der Waals surface area contributed by atoms with Gasteiger partial charge < -0.3 is 20.7 Å². The lowest BCUT2D eigenvalue weighted by Gasteiger charge is -2.39. The van der Waals surface area contributed by atoms with Gasteiger partial charge in [-0.1, -0.05) is 13.8 Å². The maximum atomic E-state index is 11.8. The highest BCUT2D eigenvalue weighted by atomic mass is 35.5. The molecule has 180 valence electrons. The fourth-order valence-corrected chi connectivity index (χ4v) is 6.22. The first kappa shape index (κ1) is 25.1. The molecule has 0 amide bonds. The van der Waals surface area contributed by atoms with Crippen LogP contribution in [0.15, 0.2) is 5.10 Å². The van der Waals surface area contributed by atoms with Crippen LogP contribution in [0, 0.1) is 28.2 Å². The Kier molecular flexibility index (Phi) is 9.36. The smallest absolute Gasteiger partial charge is 0.144 e. The third-order valence-corrected chi connectivity index (χ3v) is 7.97. The van der Waals surface area contributed by atoms with Crippen molar-refractivity contribution < 1.29 is 25.8 Å². The quantitative estimate of drug-likeness (QED) is 0.167. The summed E-state index contributed by atoms with van der Waals surface area (Å²) in [6.45, 7) is 7.83. The van der Waals surface area contributed by atoms with Crippen LogP contribution in [0.4, 0.5) is 0 Å². The predicted molar refractivity (Wildman–Crippen MR) is 118 cm³/mol. The summed E-state index contributed by atoms with van der Waals surface area (Å²) in [5, 5.41) is 45.4. The standard InChI is InChI=1S/C21H40ClN5O4/c1-14-9-15(2)12-25(11-14)13-20(16-3-5-17(22)6-4-16)24-23-19-8-7-18(26(28)29)10-21(19)27(30)31/h14-19,21,23,26-28,30H,3-13H2,1-2H3/p+1. The number of likely N-dealkylation sites (tertiary alicyclic amines) is 1. The second-order valence-electron chi connectivity index (χ2n) is 10.4. The Balaban J connectivity index is 1.70. The molecule has 1 aliphatic heterocycles. The Labute approximate surface area is 190 Å². The van der Waals surface area contributed by atoms with E-state index < -0.39 is 22.5 Å². The number of alkyl halides is 1. The maximum absolute atomic E-state index is 11.8. The number of piperidine rings is 1. The van der Waals surface area contributed by atoms with Gasteiger partial charge in [-0.05, 0) is 38.5 Å². The lowest BCUT2D eigenvalue weighted by Crippen LogP contribution is -3.15. The van der Waals surface area contributed by atoms with Crippen molar-refractivity contribution in [1.82, 2.24) is 5.43 Å². The Hall–Kier alpha value is -0.520. The first-order chi connectivity index (χ1) is 14.7. The van der Waals surface area contributed by atoms with Crippen molar-refractivity contribution in [2.24, 2.45) is 22.9 Å². The molecule has 7 unspecified atom stereocenters. The molecule has 2 aliphatic carbocycles.